The quantitative estimate of drug-likeness (QED) is 0.583. The van der Waals surface area contributed by atoms with E-state index < -0.39 is 12.1 Å². The zero-order chi connectivity index (χ0) is 19.0. The van der Waals surface area contributed by atoms with Crippen molar-refractivity contribution < 1.29 is 32.6 Å². The first kappa shape index (κ1) is 20.7. The second kappa shape index (κ2) is 9.19. The van der Waals surface area contributed by atoms with Crippen LogP contribution in [0.2, 0.25) is 0 Å². The molecule has 0 aromatic heterocycles. The van der Waals surface area contributed by atoms with Gasteiger partial charge in [-0.15, -0.1) is 0 Å². The van der Waals surface area contributed by atoms with Crippen molar-refractivity contribution in [3.63, 3.8) is 0 Å². The first-order chi connectivity index (χ1) is 11.6. The van der Waals surface area contributed by atoms with Crippen LogP contribution in [0.1, 0.15) is 15.9 Å². The van der Waals surface area contributed by atoms with Crippen LogP contribution >= 0.6 is 15.9 Å². The molecule has 0 bridgehead atoms. The molecule has 0 radical (unpaired) electrons. The van der Waals surface area contributed by atoms with Gasteiger partial charge < -0.3 is 15.6 Å². The van der Waals surface area contributed by atoms with Crippen molar-refractivity contribution in [3.05, 3.63) is 64.1 Å². The Morgan fingerprint density at radius 3 is 1.92 bits per heavy atom. The van der Waals surface area contributed by atoms with Crippen molar-refractivity contribution in [3.8, 4) is 5.75 Å². The maximum absolute atomic E-state index is 11.8. The van der Waals surface area contributed by atoms with E-state index in [9.17, 15) is 18.0 Å². The van der Waals surface area contributed by atoms with Gasteiger partial charge >= 0.3 is 18.1 Å². The van der Waals surface area contributed by atoms with Gasteiger partial charge in [-0.2, -0.15) is 13.2 Å². The molecule has 5 nitrogen and oxygen atoms in total. The minimum Gasteiger partial charge on any atom is -0.475 e. The minimum absolute atomic E-state index is 0.374. The van der Waals surface area contributed by atoms with Crippen LogP contribution in [0.5, 0.6) is 5.75 Å². The summed E-state index contributed by atoms with van der Waals surface area (Å²) in [5.41, 5.74) is 6.98. The van der Waals surface area contributed by atoms with Gasteiger partial charge in [0.05, 0.1) is 5.56 Å². The third-order valence-electron chi connectivity index (χ3n) is 2.69. The SMILES string of the molecule is NCc1ccc(C(=O)Oc2ccc(Br)cc2)cc1.O=C(O)C(F)(F)F. The summed E-state index contributed by atoms with van der Waals surface area (Å²) in [5.74, 6) is -2.61. The molecule has 0 unspecified atom stereocenters. The lowest BCUT2D eigenvalue weighted by Gasteiger charge is -2.05. The van der Waals surface area contributed by atoms with E-state index in [-0.39, 0.29) is 5.97 Å². The molecule has 134 valence electrons. The van der Waals surface area contributed by atoms with Gasteiger partial charge in [-0.25, -0.2) is 9.59 Å². The van der Waals surface area contributed by atoms with Crippen molar-refractivity contribution in [1.82, 2.24) is 0 Å². The van der Waals surface area contributed by atoms with Crippen LogP contribution in [0, 0.1) is 0 Å². The molecule has 0 spiro atoms. The van der Waals surface area contributed by atoms with Crippen LogP contribution in [0.4, 0.5) is 13.2 Å². The Bertz CT molecular complexity index is 716. The summed E-state index contributed by atoms with van der Waals surface area (Å²) in [6, 6.07) is 14.2. The van der Waals surface area contributed by atoms with Gasteiger partial charge in [-0.3, -0.25) is 0 Å². The molecule has 0 fully saturated rings. The summed E-state index contributed by atoms with van der Waals surface area (Å²) < 4.78 is 37.9. The van der Waals surface area contributed by atoms with E-state index in [1.165, 1.54) is 0 Å². The number of carboxylic acid groups (broad SMARTS) is 1. The second-order valence-electron chi connectivity index (χ2n) is 4.55. The molecule has 0 aliphatic carbocycles. The van der Waals surface area contributed by atoms with Gasteiger partial charge in [0.15, 0.2) is 0 Å². The average Bonchev–Trinajstić information content (AvgIpc) is 2.56. The summed E-state index contributed by atoms with van der Waals surface area (Å²) in [4.78, 5) is 20.7. The topological polar surface area (TPSA) is 89.6 Å². The molecular formula is C16H13BrF3NO4. The van der Waals surface area contributed by atoms with E-state index in [4.69, 9.17) is 20.4 Å². The number of halogens is 4. The number of carbonyl (C=O) groups is 2. The second-order valence-corrected chi connectivity index (χ2v) is 5.46. The highest BCUT2D eigenvalue weighted by Crippen LogP contribution is 2.17. The van der Waals surface area contributed by atoms with Gasteiger partial charge in [-0.05, 0) is 42.0 Å². The Morgan fingerprint density at radius 2 is 1.52 bits per heavy atom. The Morgan fingerprint density at radius 1 is 1.04 bits per heavy atom. The standard InChI is InChI=1S/C14H12BrNO2.C2HF3O2/c15-12-5-7-13(8-6-12)18-14(17)11-3-1-10(9-16)2-4-11;3-2(4,5)1(6)7/h1-8H,9,16H2;(H,6,7). The van der Waals surface area contributed by atoms with E-state index in [1.54, 1.807) is 24.3 Å². The monoisotopic (exact) mass is 419 g/mol. The Hall–Kier alpha value is -2.39. The lowest BCUT2D eigenvalue weighted by Crippen LogP contribution is -2.21. The molecular weight excluding hydrogens is 407 g/mol. The van der Waals surface area contributed by atoms with Gasteiger partial charge in [-0.1, -0.05) is 28.1 Å². The first-order valence-corrected chi connectivity index (χ1v) is 7.49. The van der Waals surface area contributed by atoms with Crippen molar-refractivity contribution >= 4 is 27.9 Å². The molecule has 0 aliphatic heterocycles. The number of esters is 1. The molecule has 0 aliphatic rings. The number of carboxylic acids is 1. The number of aliphatic carboxylic acids is 1. The minimum atomic E-state index is -5.08. The largest absolute Gasteiger partial charge is 0.490 e. The Balaban J connectivity index is 0.000000381. The van der Waals surface area contributed by atoms with Crippen LogP contribution in [-0.2, 0) is 11.3 Å². The van der Waals surface area contributed by atoms with E-state index in [1.807, 2.05) is 24.3 Å². The average molecular weight is 420 g/mol. The van der Waals surface area contributed by atoms with E-state index in [0.29, 0.717) is 17.9 Å². The molecule has 2 aromatic rings. The van der Waals surface area contributed by atoms with Gasteiger partial charge in [0, 0.05) is 11.0 Å². The number of alkyl halides is 3. The summed E-state index contributed by atoms with van der Waals surface area (Å²) >= 11 is 3.32. The molecule has 9 heteroatoms. The van der Waals surface area contributed by atoms with Crippen molar-refractivity contribution in [2.75, 3.05) is 0 Å². The van der Waals surface area contributed by atoms with E-state index >= 15 is 0 Å². The van der Waals surface area contributed by atoms with Crippen LogP contribution in [-0.4, -0.2) is 23.2 Å². The van der Waals surface area contributed by atoms with Gasteiger partial charge in [0.25, 0.3) is 0 Å². The third kappa shape index (κ3) is 7.36. The lowest BCUT2D eigenvalue weighted by atomic mass is 10.1. The van der Waals surface area contributed by atoms with Crippen molar-refractivity contribution in [2.45, 2.75) is 12.7 Å². The molecule has 3 N–H and O–H groups in total. The first-order valence-electron chi connectivity index (χ1n) is 6.70. The zero-order valence-corrected chi connectivity index (χ0v) is 14.2. The number of carbonyl (C=O) groups excluding carboxylic acids is 1. The number of rotatable bonds is 3. The molecule has 0 heterocycles. The molecule has 25 heavy (non-hydrogen) atoms. The summed E-state index contributed by atoms with van der Waals surface area (Å²) in [5, 5.41) is 7.12. The molecule has 0 atom stereocenters. The van der Waals surface area contributed by atoms with Gasteiger partial charge in [0.1, 0.15) is 5.75 Å². The fourth-order valence-electron chi connectivity index (χ4n) is 1.45. The molecule has 2 aromatic carbocycles. The highest BCUT2D eigenvalue weighted by Gasteiger charge is 2.38. The third-order valence-corrected chi connectivity index (χ3v) is 3.22. The Labute approximate surface area is 149 Å². The number of benzene rings is 2. The van der Waals surface area contributed by atoms with Gasteiger partial charge in [0.2, 0.25) is 0 Å². The number of hydrogen-bond acceptors (Lipinski definition) is 4. The summed E-state index contributed by atoms with van der Waals surface area (Å²) in [7, 11) is 0. The van der Waals surface area contributed by atoms with Crippen LogP contribution in [0.25, 0.3) is 0 Å². The van der Waals surface area contributed by atoms with Crippen LogP contribution in [0.15, 0.2) is 53.0 Å². The van der Waals surface area contributed by atoms with E-state index in [0.717, 1.165) is 10.0 Å². The van der Waals surface area contributed by atoms with E-state index in [2.05, 4.69) is 15.9 Å². The number of ether oxygens (including phenoxy) is 1. The van der Waals surface area contributed by atoms with Crippen LogP contribution < -0.4 is 10.5 Å². The summed E-state index contributed by atoms with van der Waals surface area (Å²) in [6.07, 6.45) is -5.08. The highest BCUT2D eigenvalue weighted by molar-refractivity contribution is 9.10. The number of hydrogen-bond donors (Lipinski definition) is 2. The number of nitrogens with two attached hydrogens (primary N) is 1. The smallest absolute Gasteiger partial charge is 0.475 e. The lowest BCUT2D eigenvalue weighted by molar-refractivity contribution is -0.192. The maximum atomic E-state index is 11.8. The molecule has 2 rings (SSSR count). The fraction of sp³-hybridized carbons (Fsp3) is 0.125. The maximum Gasteiger partial charge on any atom is 0.490 e. The predicted octanol–water partition coefficient (Wildman–Crippen LogP) is 3.76. The summed E-state index contributed by atoms with van der Waals surface area (Å²) in [6.45, 7) is 0.460. The zero-order valence-electron chi connectivity index (χ0n) is 12.6. The van der Waals surface area contributed by atoms with Crippen molar-refractivity contribution in [2.24, 2.45) is 5.73 Å². The highest BCUT2D eigenvalue weighted by atomic mass is 79.9. The predicted molar refractivity (Wildman–Crippen MR) is 87.1 cm³/mol. The van der Waals surface area contributed by atoms with Crippen molar-refractivity contribution in [1.29, 1.82) is 0 Å². The molecule has 0 amide bonds. The Kier molecular flexibility index (Phi) is 7.59. The molecule has 0 saturated carbocycles. The normalized spacial score (nSPS) is 10.4. The fourth-order valence-corrected chi connectivity index (χ4v) is 1.71. The molecule has 0 saturated heterocycles. The van der Waals surface area contributed by atoms with Crippen LogP contribution in [0.3, 0.4) is 0 Å².